The van der Waals surface area contributed by atoms with Crippen LogP contribution in [-0.4, -0.2) is 86.4 Å². The van der Waals surface area contributed by atoms with E-state index >= 15 is 0 Å². The van der Waals surface area contributed by atoms with E-state index in [0.29, 0.717) is 0 Å². The molecular formula is H7Ca2O2+3. The zero-order valence-corrected chi connectivity index (χ0v) is 6.83. The standard InChI is InChI=1S/2Ca.2H2O.2H/h;;2*1H2;;/q2*+2;;;2*-1/p+1. The van der Waals surface area contributed by atoms with E-state index < -0.39 is 0 Å². The van der Waals surface area contributed by atoms with Crippen LogP contribution in [0.4, 0.5) is 0 Å². The molecule has 0 aromatic heterocycles. The van der Waals surface area contributed by atoms with E-state index in [1.54, 1.807) is 0 Å². The van der Waals surface area contributed by atoms with Crippen molar-refractivity contribution in [2.45, 2.75) is 0 Å². The predicted molar refractivity (Wildman–Crippen MR) is 22.1 cm³/mol. The SMILES string of the molecule is O.O.[Ca+2].[Ca+2].[H+].[H-].[H-]. The summed E-state index contributed by atoms with van der Waals surface area (Å²) in [7, 11) is 0. The second kappa shape index (κ2) is 18.0. The Labute approximate surface area is 89.0 Å². The number of hydrogen-bond acceptors (Lipinski definition) is 0. The van der Waals surface area contributed by atoms with Crippen LogP contribution in [0, 0.1) is 0 Å². The molecule has 0 aliphatic rings. The summed E-state index contributed by atoms with van der Waals surface area (Å²) in [5.41, 5.74) is 0. The van der Waals surface area contributed by atoms with Gasteiger partial charge in [0.05, 0.1) is 0 Å². The maximum atomic E-state index is 0. The van der Waals surface area contributed by atoms with E-state index in [0.717, 1.165) is 0 Å². The molecule has 0 rings (SSSR count). The minimum atomic E-state index is 0. The van der Waals surface area contributed by atoms with Crippen molar-refractivity contribution in [2.75, 3.05) is 0 Å². The molecule has 0 unspecified atom stereocenters. The zero-order valence-electron chi connectivity index (χ0n) is 5.41. The Morgan fingerprint density at radius 2 is 1.00 bits per heavy atom. The normalized spacial score (nSPS) is 0. The van der Waals surface area contributed by atoms with Gasteiger partial charge in [-0.25, -0.2) is 0 Å². The second-order valence-electron chi connectivity index (χ2n) is 0. The summed E-state index contributed by atoms with van der Waals surface area (Å²) >= 11 is 0. The Balaban J connectivity index is 0. The van der Waals surface area contributed by atoms with Crippen LogP contribution in [0.2, 0.25) is 0 Å². The zero-order chi connectivity index (χ0) is 0. The van der Waals surface area contributed by atoms with E-state index in [-0.39, 0.29) is 90.7 Å². The summed E-state index contributed by atoms with van der Waals surface area (Å²) in [6.07, 6.45) is 0. The van der Waals surface area contributed by atoms with E-state index in [1.165, 1.54) is 0 Å². The van der Waals surface area contributed by atoms with Crippen molar-refractivity contribution in [1.82, 2.24) is 0 Å². The first-order chi connectivity index (χ1) is 0. The molecule has 0 spiro atoms. The van der Waals surface area contributed by atoms with Crippen molar-refractivity contribution < 1.29 is 15.2 Å². The summed E-state index contributed by atoms with van der Waals surface area (Å²) < 4.78 is 0. The molecule has 0 saturated carbocycles. The van der Waals surface area contributed by atoms with Crippen LogP contribution in [0.5, 0.6) is 0 Å². The molecule has 0 saturated heterocycles. The van der Waals surface area contributed by atoms with Gasteiger partial charge < -0.3 is 13.8 Å². The molecule has 0 fully saturated rings. The van der Waals surface area contributed by atoms with Crippen LogP contribution < -0.4 is 0 Å². The molecule has 0 aliphatic heterocycles. The molecule has 20 valence electrons. The fourth-order valence-electron chi connectivity index (χ4n) is 0. The minimum absolute atomic E-state index is 0. The van der Waals surface area contributed by atoms with Gasteiger partial charge in [-0.2, -0.15) is 0 Å². The van der Waals surface area contributed by atoms with Gasteiger partial charge in [0.2, 0.25) is 0 Å². The summed E-state index contributed by atoms with van der Waals surface area (Å²) in [5, 5.41) is 0. The van der Waals surface area contributed by atoms with Gasteiger partial charge >= 0.3 is 76.9 Å². The summed E-state index contributed by atoms with van der Waals surface area (Å²) in [6, 6.07) is 0. The molecule has 4 N–H and O–H groups in total. The first-order valence-corrected chi connectivity index (χ1v) is 0. The van der Waals surface area contributed by atoms with Crippen LogP contribution in [0.3, 0.4) is 0 Å². The maximum Gasteiger partial charge on any atom is 2.00 e. The van der Waals surface area contributed by atoms with E-state index in [4.69, 9.17) is 0 Å². The van der Waals surface area contributed by atoms with Crippen molar-refractivity contribution in [1.29, 1.82) is 0 Å². The third-order valence-electron chi connectivity index (χ3n) is 0. The van der Waals surface area contributed by atoms with Crippen molar-refractivity contribution in [3.63, 3.8) is 0 Å². The van der Waals surface area contributed by atoms with Gasteiger partial charge in [0.1, 0.15) is 0 Å². The molecule has 0 amide bonds. The molecule has 4 heavy (non-hydrogen) atoms. The summed E-state index contributed by atoms with van der Waals surface area (Å²) in [6.45, 7) is 0. The van der Waals surface area contributed by atoms with Gasteiger partial charge in [0.25, 0.3) is 0 Å². The van der Waals surface area contributed by atoms with E-state index in [1.807, 2.05) is 0 Å². The molecule has 0 radical (unpaired) electrons. The topological polar surface area (TPSA) is 63.0 Å². The Morgan fingerprint density at radius 1 is 1.00 bits per heavy atom. The van der Waals surface area contributed by atoms with Crippen molar-refractivity contribution in [3.8, 4) is 0 Å². The second-order valence-corrected chi connectivity index (χ2v) is 0. The minimum Gasteiger partial charge on any atom is -1.00 e. The van der Waals surface area contributed by atoms with Gasteiger partial charge in [-0.15, -0.1) is 0 Å². The van der Waals surface area contributed by atoms with Gasteiger partial charge in [-0.05, 0) is 0 Å². The van der Waals surface area contributed by atoms with E-state index in [9.17, 15) is 0 Å². The van der Waals surface area contributed by atoms with E-state index in [2.05, 4.69) is 0 Å². The molecule has 0 bridgehead atoms. The smallest absolute Gasteiger partial charge is 1.00 e. The predicted octanol–water partition coefficient (Wildman–Crippen LogP) is -2.07. The van der Waals surface area contributed by atoms with Crippen molar-refractivity contribution in [3.05, 3.63) is 0 Å². The third kappa shape index (κ3) is 8.83. The molecule has 0 aromatic rings. The first kappa shape index (κ1) is 32.0. The monoisotopic (exact) mass is 119 g/mol. The maximum absolute atomic E-state index is 0. The van der Waals surface area contributed by atoms with Crippen molar-refractivity contribution >= 4 is 75.5 Å². The number of rotatable bonds is 0. The average molecular weight is 119 g/mol. The quantitative estimate of drug-likeness (QED) is 0.329. The first-order valence-electron chi connectivity index (χ1n) is 0. The molecule has 0 aromatic carbocycles. The van der Waals surface area contributed by atoms with Crippen LogP contribution in [0.1, 0.15) is 4.28 Å². The van der Waals surface area contributed by atoms with Gasteiger partial charge in [-0.3, -0.25) is 0 Å². The van der Waals surface area contributed by atoms with Crippen LogP contribution in [0.25, 0.3) is 0 Å². The Kier molecular flexibility index (Phi) is 144. The average Bonchev–Trinajstić information content (AvgIpc) is 0. The molecule has 0 aliphatic carbocycles. The Bertz CT molecular complexity index is 10.9. The van der Waals surface area contributed by atoms with Gasteiger partial charge in [0, 0.05) is 0 Å². The Morgan fingerprint density at radius 3 is 1.00 bits per heavy atom. The molecular weight excluding hydrogens is 112 g/mol. The fraction of sp³-hybridized carbons (Fsp3) is 0. The summed E-state index contributed by atoms with van der Waals surface area (Å²) in [5.74, 6) is 0. The Hall–Kier alpha value is 2.44. The summed E-state index contributed by atoms with van der Waals surface area (Å²) in [4.78, 5) is 0. The van der Waals surface area contributed by atoms with Crippen molar-refractivity contribution in [2.24, 2.45) is 0 Å². The van der Waals surface area contributed by atoms with Gasteiger partial charge in [0.15, 0.2) is 0 Å². The molecule has 0 atom stereocenters. The van der Waals surface area contributed by atoms with Crippen LogP contribution in [-0.2, 0) is 0 Å². The van der Waals surface area contributed by atoms with Crippen LogP contribution in [0.15, 0.2) is 0 Å². The largest absolute Gasteiger partial charge is 2.00 e. The van der Waals surface area contributed by atoms with Gasteiger partial charge in [-0.1, -0.05) is 0 Å². The molecule has 2 nitrogen and oxygen atoms in total. The fourth-order valence-corrected chi connectivity index (χ4v) is 0. The molecule has 0 heterocycles. The third-order valence-corrected chi connectivity index (χ3v) is 0. The van der Waals surface area contributed by atoms with Crippen LogP contribution >= 0.6 is 0 Å². The number of hydrogen-bond donors (Lipinski definition) is 0. The molecule has 4 heteroatoms.